The number of methoxy groups -OCH3 is 1. The first kappa shape index (κ1) is 27.8. The zero-order valence-corrected chi connectivity index (χ0v) is 24.0. The van der Waals surface area contributed by atoms with Gasteiger partial charge in [-0.25, -0.2) is 13.4 Å². The molecule has 0 fully saturated rings. The lowest BCUT2D eigenvalue weighted by Crippen LogP contribution is -2.30. The van der Waals surface area contributed by atoms with Crippen molar-refractivity contribution in [1.29, 1.82) is 0 Å². The fraction of sp³-hybridized carbons (Fsp3) is 0.286. The van der Waals surface area contributed by atoms with Crippen LogP contribution in [0.5, 0.6) is 17.2 Å². The van der Waals surface area contributed by atoms with E-state index < -0.39 is 10.0 Å². The number of nitrogens with one attached hydrogen (secondary N) is 1. The fourth-order valence-corrected chi connectivity index (χ4v) is 6.82. The molecule has 2 heterocycles. The van der Waals surface area contributed by atoms with Gasteiger partial charge in [0.1, 0.15) is 5.75 Å². The summed E-state index contributed by atoms with van der Waals surface area (Å²) in [6.07, 6.45) is 0. The van der Waals surface area contributed by atoms with Gasteiger partial charge in [-0.15, -0.1) is 0 Å². The average molecular weight is 583 g/mol. The second kappa shape index (κ2) is 11.8. The van der Waals surface area contributed by atoms with Crippen LogP contribution in [0, 0.1) is 0 Å². The van der Waals surface area contributed by atoms with E-state index in [1.165, 1.54) is 16.1 Å². The number of fused-ring (bicyclic) bond motifs is 2. The molecule has 1 aliphatic rings. The number of imidazole rings is 1. The minimum absolute atomic E-state index is 0.105. The van der Waals surface area contributed by atoms with E-state index in [-0.39, 0.29) is 23.3 Å². The summed E-state index contributed by atoms with van der Waals surface area (Å²) < 4.78 is 46.0. The monoisotopic (exact) mass is 582 g/mol. The minimum atomic E-state index is -3.67. The van der Waals surface area contributed by atoms with Gasteiger partial charge in [-0.3, -0.25) is 9.36 Å². The number of carbonyl (C=O) groups is 1. The molecule has 0 radical (unpaired) electrons. The van der Waals surface area contributed by atoms with Crippen LogP contribution in [0.1, 0.15) is 19.4 Å². The van der Waals surface area contributed by atoms with E-state index in [2.05, 4.69) is 5.32 Å². The summed E-state index contributed by atoms with van der Waals surface area (Å²) in [5.74, 6) is 1.90. The summed E-state index contributed by atoms with van der Waals surface area (Å²) in [5.41, 5.74) is 2.83. The summed E-state index contributed by atoms with van der Waals surface area (Å²) in [4.78, 5) is 17.7. The Morgan fingerprint density at radius 1 is 1.07 bits per heavy atom. The largest absolute Gasteiger partial charge is 0.495 e. The number of para-hydroxylation sites is 2. The minimum Gasteiger partial charge on any atom is -0.495 e. The molecular formula is C28H30N4O6S2. The Bertz CT molecular complexity index is 1650. The lowest BCUT2D eigenvalue weighted by Gasteiger charge is -2.18. The molecule has 10 nitrogen and oxygen atoms in total. The third-order valence-corrected chi connectivity index (χ3v) is 9.51. The second-order valence-corrected chi connectivity index (χ2v) is 11.8. The van der Waals surface area contributed by atoms with E-state index in [1.54, 1.807) is 25.3 Å². The Kier molecular flexibility index (Phi) is 8.19. The summed E-state index contributed by atoms with van der Waals surface area (Å²) in [5, 5.41) is 3.46. The number of nitrogens with zero attached hydrogens (tertiary/aromatic N) is 3. The van der Waals surface area contributed by atoms with Gasteiger partial charge in [-0.2, -0.15) is 4.31 Å². The number of sulfonamides is 1. The van der Waals surface area contributed by atoms with Gasteiger partial charge in [0.25, 0.3) is 0 Å². The number of rotatable bonds is 11. The molecule has 0 bridgehead atoms. The number of amides is 1. The molecule has 0 aliphatic carbocycles. The highest BCUT2D eigenvalue weighted by atomic mass is 32.2. The maximum atomic E-state index is 13.2. The number of hydrogen-bond donors (Lipinski definition) is 1. The van der Waals surface area contributed by atoms with Crippen molar-refractivity contribution >= 4 is 38.7 Å². The molecule has 12 heteroatoms. The first-order valence-corrected chi connectivity index (χ1v) is 15.2. The Morgan fingerprint density at radius 2 is 1.85 bits per heavy atom. The third kappa shape index (κ3) is 5.47. The van der Waals surface area contributed by atoms with Gasteiger partial charge < -0.3 is 19.5 Å². The van der Waals surface area contributed by atoms with Crippen LogP contribution in [0.3, 0.4) is 0 Å². The van der Waals surface area contributed by atoms with E-state index in [0.29, 0.717) is 53.1 Å². The van der Waals surface area contributed by atoms with Crippen molar-refractivity contribution in [2.24, 2.45) is 0 Å². The predicted molar refractivity (Wildman–Crippen MR) is 153 cm³/mol. The van der Waals surface area contributed by atoms with Crippen LogP contribution in [0.15, 0.2) is 70.7 Å². The molecule has 1 aliphatic heterocycles. The lowest BCUT2D eigenvalue weighted by atomic mass is 10.2. The van der Waals surface area contributed by atoms with Crippen molar-refractivity contribution < 1.29 is 27.4 Å². The first-order valence-electron chi connectivity index (χ1n) is 12.8. The highest BCUT2D eigenvalue weighted by molar-refractivity contribution is 7.99. The predicted octanol–water partition coefficient (Wildman–Crippen LogP) is 4.20. The van der Waals surface area contributed by atoms with Gasteiger partial charge in [0.15, 0.2) is 16.7 Å². The van der Waals surface area contributed by atoms with Crippen LogP contribution >= 0.6 is 11.8 Å². The number of carbonyl (C=O) groups excluding carboxylic acids is 1. The molecular weight excluding hydrogens is 552 g/mol. The highest BCUT2D eigenvalue weighted by Gasteiger charge is 2.24. The third-order valence-electron chi connectivity index (χ3n) is 6.52. The van der Waals surface area contributed by atoms with E-state index in [1.807, 2.05) is 60.9 Å². The number of thioether (sulfide) groups is 1. The van der Waals surface area contributed by atoms with Gasteiger partial charge in [-0.05, 0) is 48.0 Å². The quantitative estimate of drug-likeness (QED) is 0.262. The smallest absolute Gasteiger partial charge is 0.243 e. The topological polar surface area (TPSA) is 112 Å². The van der Waals surface area contributed by atoms with Gasteiger partial charge >= 0.3 is 0 Å². The van der Waals surface area contributed by atoms with Crippen molar-refractivity contribution in [1.82, 2.24) is 19.2 Å². The number of hydrogen-bond acceptors (Lipinski definition) is 8. The van der Waals surface area contributed by atoms with E-state index in [4.69, 9.17) is 19.2 Å². The Labute approximate surface area is 237 Å². The molecule has 0 unspecified atom stereocenters. The SMILES string of the molecule is CCN(CC)S(=O)(=O)c1ccc2c(c1)nc(SCC(=O)NCc1ccc3c(c1)OCO3)n2-c1ccccc1OC. The van der Waals surface area contributed by atoms with Gasteiger partial charge in [0.05, 0.1) is 34.5 Å². The molecule has 1 N–H and O–H groups in total. The summed E-state index contributed by atoms with van der Waals surface area (Å²) in [6.45, 7) is 4.89. The molecule has 0 saturated heterocycles. The first-order chi connectivity index (χ1) is 19.3. The van der Waals surface area contributed by atoms with Crippen LogP contribution in [0.2, 0.25) is 0 Å². The van der Waals surface area contributed by atoms with E-state index in [9.17, 15) is 13.2 Å². The Hall–Kier alpha value is -3.74. The lowest BCUT2D eigenvalue weighted by molar-refractivity contribution is -0.118. The van der Waals surface area contributed by atoms with Crippen LogP contribution in [0.4, 0.5) is 0 Å². The Morgan fingerprint density at radius 3 is 2.62 bits per heavy atom. The zero-order chi connectivity index (χ0) is 28.3. The number of aromatic nitrogens is 2. The highest BCUT2D eigenvalue weighted by Crippen LogP contribution is 2.34. The molecule has 3 aromatic carbocycles. The van der Waals surface area contributed by atoms with Crippen molar-refractivity contribution in [3.05, 3.63) is 66.2 Å². The van der Waals surface area contributed by atoms with Crippen molar-refractivity contribution in [2.45, 2.75) is 30.4 Å². The van der Waals surface area contributed by atoms with E-state index >= 15 is 0 Å². The molecule has 0 spiro atoms. The van der Waals surface area contributed by atoms with Gasteiger partial charge in [0.2, 0.25) is 22.7 Å². The molecule has 0 atom stereocenters. The van der Waals surface area contributed by atoms with Crippen molar-refractivity contribution in [3.8, 4) is 22.9 Å². The molecule has 5 rings (SSSR count). The standard InChI is InChI=1S/C28H30N4O6S2/c1-4-31(5-2)40(34,35)20-11-12-22-21(15-20)30-28(32(22)23-8-6-7-9-24(23)36-3)39-17-27(33)29-16-19-10-13-25-26(14-19)38-18-37-25/h6-15H,4-5,16-18H2,1-3H3,(H,29,33). The summed E-state index contributed by atoms with van der Waals surface area (Å²) in [7, 11) is -2.08. The normalized spacial score (nSPS) is 12.7. The molecule has 0 saturated carbocycles. The van der Waals surface area contributed by atoms with Crippen LogP contribution in [-0.2, 0) is 21.4 Å². The second-order valence-electron chi connectivity index (χ2n) is 8.89. The average Bonchev–Trinajstić information content (AvgIpc) is 3.59. The molecule has 1 aromatic heterocycles. The van der Waals surface area contributed by atoms with Gasteiger partial charge in [0, 0.05) is 19.6 Å². The molecule has 210 valence electrons. The van der Waals surface area contributed by atoms with Crippen LogP contribution in [0.25, 0.3) is 16.7 Å². The maximum Gasteiger partial charge on any atom is 0.243 e. The van der Waals surface area contributed by atoms with Crippen LogP contribution in [-0.4, -0.2) is 60.9 Å². The van der Waals surface area contributed by atoms with Crippen molar-refractivity contribution in [2.75, 3.05) is 32.7 Å². The van der Waals surface area contributed by atoms with E-state index in [0.717, 1.165) is 11.3 Å². The van der Waals surface area contributed by atoms with Crippen molar-refractivity contribution in [3.63, 3.8) is 0 Å². The fourth-order valence-electron chi connectivity index (χ4n) is 4.49. The van der Waals surface area contributed by atoms with Crippen LogP contribution < -0.4 is 19.5 Å². The zero-order valence-electron chi connectivity index (χ0n) is 22.4. The molecule has 40 heavy (non-hydrogen) atoms. The molecule has 4 aromatic rings. The number of ether oxygens (including phenoxy) is 3. The Balaban J connectivity index is 1.42. The number of benzene rings is 3. The van der Waals surface area contributed by atoms with Gasteiger partial charge in [-0.1, -0.05) is 43.8 Å². The maximum absolute atomic E-state index is 13.2. The molecule has 1 amide bonds. The summed E-state index contributed by atoms with van der Waals surface area (Å²) in [6, 6.07) is 18.0. The summed E-state index contributed by atoms with van der Waals surface area (Å²) >= 11 is 1.26.